The maximum atomic E-state index is 3.29. The van der Waals surface area contributed by atoms with E-state index in [1.54, 1.807) is 22.7 Å². The van der Waals surface area contributed by atoms with Gasteiger partial charge in [0.25, 0.3) is 0 Å². The minimum atomic E-state index is 1.05. The zero-order chi connectivity index (χ0) is 29.2. The highest BCUT2D eigenvalue weighted by molar-refractivity contribution is 7.16. The second-order valence-electron chi connectivity index (χ2n) is 10.7. The first-order valence-corrected chi connectivity index (χ1v) is 17.9. The molecular formula is C39H28S4. The molecule has 208 valence electrons. The van der Waals surface area contributed by atoms with E-state index >= 15 is 0 Å². The van der Waals surface area contributed by atoms with Crippen LogP contribution in [0.2, 0.25) is 0 Å². The van der Waals surface area contributed by atoms with Crippen LogP contribution in [0, 0.1) is 37.5 Å². The van der Waals surface area contributed by atoms with Gasteiger partial charge in [0, 0.05) is 52.5 Å². The first kappa shape index (κ1) is 27.9. The lowest BCUT2D eigenvalue weighted by Crippen LogP contribution is -1.86. The molecular weight excluding hydrogens is 597 g/mol. The van der Waals surface area contributed by atoms with Crippen molar-refractivity contribution in [2.45, 2.75) is 33.1 Å². The number of benzene rings is 2. The molecule has 0 N–H and O–H groups in total. The Morgan fingerprint density at radius 2 is 0.930 bits per heavy atom. The standard InChI is InChI=1S/C39H28S4/c1-26-36(22-38(42-26)32-14-10-28(11-15-32)6-8-30-18-20-40-24-30)34-4-3-5-35(34)37-23-39(43-27(37)2)33-16-12-29(13-17-33)7-9-31-19-21-41-25-31/h10-25H,3-5H2,1-2H3. The van der Waals surface area contributed by atoms with Crippen molar-refractivity contribution in [2.24, 2.45) is 0 Å². The Hall–Kier alpha value is -3.90. The molecule has 7 rings (SSSR count). The Kier molecular flexibility index (Phi) is 8.03. The predicted molar refractivity (Wildman–Crippen MR) is 190 cm³/mol. The molecule has 43 heavy (non-hydrogen) atoms. The van der Waals surface area contributed by atoms with Crippen molar-refractivity contribution in [1.82, 2.24) is 0 Å². The zero-order valence-electron chi connectivity index (χ0n) is 24.0. The van der Waals surface area contributed by atoms with Gasteiger partial charge in [-0.05, 0) is 126 Å². The normalized spacial score (nSPS) is 12.6. The van der Waals surface area contributed by atoms with Crippen LogP contribution in [0.3, 0.4) is 0 Å². The quantitative estimate of drug-likeness (QED) is 0.171. The lowest BCUT2D eigenvalue weighted by molar-refractivity contribution is 0.941. The highest BCUT2D eigenvalue weighted by atomic mass is 32.1. The molecule has 0 amide bonds. The summed E-state index contributed by atoms with van der Waals surface area (Å²) in [5, 5.41) is 8.30. The lowest BCUT2D eigenvalue weighted by atomic mass is 9.96. The fraction of sp³-hybridized carbons (Fsp3) is 0.128. The largest absolute Gasteiger partial charge is 0.151 e. The van der Waals surface area contributed by atoms with Crippen molar-refractivity contribution in [2.75, 3.05) is 0 Å². The Bertz CT molecular complexity index is 1890. The summed E-state index contributed by atoms with van der Waals surface area (Å²) < 4.78 is 0. The van der Waals surface area contributed by atoms with Crippen molar-refractivity contribution >= 4 is 56.5 Å². The van der Waals surface area contributed by atoms with Crippen LogP contribution in [-0.2, 0) is 0 Å². The van der Waals surface area contributed by atoms with Crippen molar-refractivity contribution < 1.29 is 0 Å². The molecule has 4 aromatic heterocycles. The van der Waals surface area contributed by atoms with E-state index < -0.39 is 0 Å². The third kappa shape index (κ3) is 6.12. The van der Waals surface area contributed by atoms with Crippen LogP contribution in [0.4, 0.5) is 0 Å². The van der Waals surface area contributed by atoms with E-state index in [0.29, 0.717) is 0 Å². The summed E-state index contributed by atoms with van der Waals surface area (Å²) in [6, 6.07) is 26.4. The van der Waals surface area contributed by atoms with Gasteiger partial charge in [-0.15, -0.1) is 22.7 Å². The van der Waals surface area contributed by atoms with Crippen molar-refractivity contribution in [3.05, 3.63) is 137 Å². The van der Waals surface area contributed by atoms with Gasteiger partial charge in [-0.3, -0.25) is 0 Å². The maximum Gasteiger partial charge on any atom is 0.0356 e. The predicted octanol–water partition coefficient (Wildman–Crippen LogP) is 11.8. The summed E-state index contributed by atoms with van der Waals surface area (Å²) in [6.45, 7) is 4.56. The Morgan fingerprint density at radius 3 is 1.33 bits per heavy atom. The van der Waals surface area contributed by atoms with Gasteiger partial charge < -0.3 is 0 Å². The minimum absolute atomic E-state index is 1.05. The molecule has 4 heterocycles. The van der Waals surface area contributed by atoms with E-state index in [0.717, 1.165) is 35.1 Å². The monoisotopic (exact) mass is 624 g/mol. The number of hydrogen-bond acceptors (Lipinski definition) is 4. The van der Waals surface area contributed by atoms with Gasteiger partial charge in [0.2, 0.25) is 0 Å². The van der Waals surface area contributed by atoms with E-state index in [4.69, 9.17) is 0 Å². The van der Waals surface area contributed by atoms with E-state index in [9.17, 15) is 0 Å². The summed E-state index contributed by atoms with van der Waals surface area (Å²) in [7, 11) is 0. The molecule has 0 aliphatic heterocycles. The van der Waals surface area contributed by atoms with Crippen LogP contribution < -0.4 is 0 Å². The van der Waals surface area contributed by atoms with Gasteiger partial charge >= 0.3 is 0 Å². The average molecular weight is 625 g/mol. The highest BCUT2D eigenvalue weighted by Crippen LogP contribution is 2.47. The van der Waals surface area contributed by atoms with Gasteiger partial charge in [-0.2, -0.15) is 22.7 Å². The topological polar surface area (TPSA) is 0 Å². The lowest BCUT2D eigenvalue weighted by Gasteiger charge is -2.07. The Balaban J connectivity index is 1.14. The number of rotatable bonds is 4. The molecule has 0 radical (unpaired) electrons. The minimum Gasteiger partial charge on any atom is -0.151 e. The van der Waals surface area contributed by atoms with Crippen LogP contribution in [0.1, 0.15) is 62.4 Å². The SMILES string of the molecule is Cc1sc(-c2ccc(C#Cc3ccsc3)cc2)cc1C1=C(c2cc(-c3ccc(C#Cc4ccsc4)cc3)sc2C)CCC1. The fourth-order valence-electron chi connectivity index (χ4n) is 5.58. The molecule has 0 bridgehead atoms. The summed E-state index contributed by atoms with van der Waals surface area (Å²) in [5.41, 5.74) is 12.7. The third-order valence-corrected chi connectivity index (χ3v) is 11.4. The summed E-state index contributed by atoms with van der Waals surface area (Å²) in [5.74, 6) is 13.1. The molecule has 0 saturated carbocycles. The van der Waals surface area contributed by atoms with Crippen molar-refractivity contribution in [1.29, 1.82) is 0 Å². The van der Waals surface area contributed by atoms with Crippen LogP contribution in [-0.4, -0.2) is 0 Å². The number of aryl methyl sites for hydroxylation is 2. The first-order valence-electron chi connectivity index (χ1n) is 14.3. The van der Waals surface area contributed by atoms with Gasteiger partial charge in [0.15, 0.2) is 0 Å². The highest BCUT2D eigenvalue weighted by Gasteiger charge is 2.23. The molecule has 0 unspecified atom stereocenters. The summed E-state index contributed by atoms with van der Waals surface area (Å²) in [4.78, 5) is 5.46. The fourth-order valence-corrected chi connectivity index (χ4v) is 8.86. The molecule has 6 aromatic rings. The van der Waals surface area contributed by atoms with Crippen LogP contribution in [0.15, 0.2) is 94.3 Å². The molecule has 0 nitrogen and oxygen atoms in total. The summed E-state index contributed by atoms with van der Waals surface area (Å²) in [6.07, 6.45) is 3.51. The van der Waals surface area contributed by atoms with Crippen LogP contribution >= 0.6 is 45.3 Å². The van der Waals surface area contributed by atoms with Gasteiger partial charge in [-0.25, -0.2) is 0 Å². The Morgan fingerprint density at radius 1 is 0.512 bits per heavy atom. The number of thiophene rings is 4. The van der Waals surface area contributed by atoms with E-state index in [1.165, 1.54) is 59.3 Å². The van der Waals surface area contributed by atoms with E-state index in [2.05, 4.69) is 132 Å². The van der Waals surface area contributed by atoms with Crippen LogP contribution in [0.5, 0.6) is 0 Å². The maximum absolute atomic E-state index is 3.29. The molecule has 2 aromatic carbocycles. The average Bonchev–Trinajstić information content (AvgIpc) is 3.87. The molecule has 0 saturated heterocycles. The summed E-state index contributed by atoms with van der Waals surface area (Å²) >= 11 is 7.17. The van der Waals surface area contributed by atoms with Gasteiger partial charge in [0.05, 0.1) is 0 Å². The molecule has 0 atom stereocenters. The molecule has 0 spiro atoms. The molecule has 1 aliphatic rings. The second-order valence-corrected chi connectivity index (χ2v) is 14.7. The zero-order valence-corrected chi connectivity index (χ0v) is 27.3. The molecule has 1 aliphatic carbocycles. The van der Waals surface area contributed by atoms with Crippen molar-refractivity contribution in [3.63, 3.8) is 0 Å². The number of allylic oxidation sites excluding steroid dienone is 2. The second kappa shape index (κ2) is 12.4. The van der Waals surface area contributed by atoms with Gasteiger partial charge in [0.1, 0.15) is 0 Å². The Labute approximate surface area is 270 Å². The first-order chi connectivity index (χ1) is 21.1. The van der Waals surface area contributed by atoms with E-state index in [-0.39, 0.29) is 0 Å². The van der Waals surface area contributed by atoms with Crippen molar-refractivity contribution in [3.8, 4) is 44.6 Å². The molecule has 4 heteroatoms. The smallest absolute Gasteiger partial charge is 0.0356 e. The molecule has 0 fully saturated rings. The third-order valence-electron chi connectivity index (χ3n) is 7.79. The van der Waals surface area contributed by atoms with E-state index in [1.807, 2.05) is 22.7 Å². The van der Waals surface area contributed by atoms with Crippen LogP contribution in [0.25, 0.3) is 32.0 Å². The number of hydrogen-bond donors (Lipinski definition) is 0. The van der Waals surface area contributed by atoms with Gasteiger partial charge in [-0.1, -0.05) is 47.9 Å².